The minimum absolute atomic E-state index is 0.0847. The molecule has 0 fully saturated rings. The molecule has 0 aliphatic rings. The lowest BCUT2D eigenvalue weighted by Crippen LogP contribution is -2.26. The maximum absolute atomic E-state index is 11.5. The fraction of sp³-hybridized carbons (Fsp3) is 0.556. The topological polar surface area (TPSA) is 93.1 Å². The molecule has 1 aromatic rings. The Morgan fingerprint density at radius 2 is 2.18 bits per heavy atom. The van der Waals surface area contributed by atoms with E-state index in [0.29, 0.717) is 5.69 Å². The van der Waals surface area contributed by atoms with Crippen molar-refractivity contribution in [2.75, 3.05) is 18.1 Å². The van der Waals surface area contributed by atoms with Crippen LogP contribution >= 0.6 is 0 Å². The first-order valence-electron chi connectivity index (χ1n) is 5.02. The van der Waals surface area contributed by atoms with Crippen LogP contribution in [0.1, 0.15) is 12.1 Å². The number of aromatic nitrogens is 2. The molecule has 0 saturated heterocycles. The molecule has 0 bridgehead atoms. The highest BCUT2D eigenvalue weighted by Crippen LogP contribution is 2.11. The highest BCUT2D eigenvalue weighted by molar-refractivity contribution is 7.88. The van der Waals surface area contributed by atoms with E-state index in [9.17, 15) is 13.2 Å². The van der Waals surface area contributed by atoms with Gasteiger partial charge in [-0.05, 0) is 6.92 Å². The zero-order chi connectivity index (χ0) is 13.1. The molecule has 8 heteroatoms. The normalized spacial score (nSPS) is 11.5. The number of carbonyl (C=O) groups is 1. The molecule has 0 spiro atoms. The number of aryl methyl sites for hydroxylation is 1. The molecule has 7 nitrogen and oxygen atoms in total. The van der Waals surface area contributed by atoms with Crippen LogP contribution in [0.25, 0.3) is 0 Å². The molecule has 1 rings (SSSR count). The maximum Gasteiger partial charge on any atom is 0.225 e. The highest BCUT2D eigenvalue weighted by atomic mass is 32.2. The molecule has 0 aliphatic carbocycles. The van der Waals surface area contributed by atoms with Gasteiger partial charge in [0.25, 0.3) is 0 Å². The van der Waals surface area contributed by atoms with Crippen molar-refractivity contribution in [1.82, 2.24) is 14.5 Å². The average molecular weight is 260 g/mol. The van der Waals surface area contributed by atoms with Gasteiger partial charge in [-0.1, -0.05) is 0 Å². The number of amides is 1. The quantitative estimate of drug-likeness (QED) is 0.753. The van der Waals surface area contributed by atoms with Gasteiger partial charge in [-0.25, -0.2) is 13.1 Å². The van der Waals surface area contributed by atoms with Gasteiger partial charge in [0.15, 0.2) is 0 Å². The Bertz CT molecular complexity index is 506. The Morgan fingerprint density at radius 1 is 1.53 bits per heavy atom. The van der Waals surface area contributed by atoms with Crippen LogP contribution in [0.2, 0.25) is 0 Å². The smallest absolute Gasteiger partial charge is 0.225 e. The van der Waals surface area contributed by atoms with Crippen LogP contribution in [-0.2, 0) is 21.9 Å². The number of hydrogen-bond donors (Lipinski definition) is 2. The second-order valence-corrected chi connectivity index (χ2v) is 5.56. The van der Waals surface area contributed by atoms with E-state index in [2.05, 4.69) is 15.1 Å². The Balaban J connectivity index is 2.43. The third kappa shape index (κ3) is 4.53. The van der Waals surface area contributed by atoms with Gasteiger partial charge in [0, 0.05) is 20.0 Å². The average Bonchev–Trinajstić information content (AvgIpc) is 2.47. The Morgan fingerprint density at radius 3 is 2.65 bits per heavy atom. The number of rotatable bonds is 5. The van der Waals surface area contributed by atoms with Crippen LogP contribution < -0.4 is 10.0 Å². The summed E-state index contributed by atoms with van der Waals surface area (Å²) in [6.45, 7) is 1.92. The Labute approximate surface area is 100 Å². The van der Waals surface area contributed by atoms with Crippen molar-refractivity contribution in [3.8, 4) is 0 Å². The summed E-state index contributed by atoms with van der Waals surface area (Å²) in [5.41, 5.74) is 1.48. The van der Waals surface area contributed by atoms with E-state index < -0.39 is 10.0 Å². The minimum atomic E-state index is -3.24. The predicted octanol–water partition coefficient (Wildman–Crippen LogP) is -0.394. The highest BCUT2D eigenvalue weighted by Gasteiger charge is 2.08. The standard InChI is InChI=1S/C9H16N4O3S/c1-7-8(6-10-13(7)2)12-9(14)4-5-11-17(3,15)16/h6,11H,4-5H2,1-3H3,(H,12,14). The molecular formula is C9H16N4O3S. The molecule has 1 heterocycles. The predicted molar refractivity (Wildman–Crippen MR) is 64.0 cm³/mol. The van der Waals surface area contributed by atoms with Crippen LogP contribution in [0.3, 0.4) is 0 Å². The van der Waals surface area contributed by atoms with E-state index in [-0.39, 0.29) is 18.9 Å². The minimum Gasteiger partial charge on any atom is -0.323 e. The van der Waals surface area contributed by atoms with Crippen molar-refractivity contribution in [1.29, 1.82) is 0 Å². The van der Waals surface area contributed by atoms with E-state index in [1.165, 1.54) is 0 Å². The van der Waals surface area contributed by atoms with Crippen LogP contribution in [0, 0.1) is 6.92 Å². The Kier molecular flexibility index (Phi) is 4.24. The van der Waals surface area contributed by atoms with Gasteiger partial charge in [-0.15, -0.1) is 0 Å². The first-order valence-corrected chi connectivity index (χ1v) is 6.92. The van der Waals surface area contributed by atoms with Gasteiger partial charge >= 0.3 is 0 Å². The van der Waals surface area contributed by atoms with Crippen molar-refractivity contribution in [2.45, 2.75) is 13.3 Å². The molecule has 0 aliphatic heterocycles. The summed E-state index contributed by atoms with van der Waals surface area (Å²) in [4.78, 5) is 11.5. The van der Waals surface area contributed by atoms with Crippen molar-refractivity contribution in [2.24, 2.45) is 7.05 Å². The molecule has 0 atom stereocenters. The first kappa shape index (κ1) is 13.7. The zero-order valence-corrected chi connectivity index (χ0v) is 10.8. The number of nitrogens with one attached hydrogen (secondary N) is 2. The van der Waals surface area contributed by atoms with Gasteiger partial charge in [0.05, 0.1) is 23.8 Å². The molecule has 17 heavy (non-hydrogen) atoms. The lowest BCUT2D eigenvalue weighted by Gasteiger charge is -2.04. The molecule has 0 unspecified atom stereocenters. The van der Waals surface area contributed by atoms with Crippen molar-refractivity contribution in [3.63, 3.8) is 0 Å². The SMILES string of the molecule is Cc1c(NC(=O)CCNS(C)(=O)=O)cnn1C. The van der Waals surface area contributed by atoms with E-state index >= 15 is 0 Å². The van der Waals surface area contributed by atoms with Crippen molar-refractivity contribution in [3.05, 3.63) is 11.9 Å². The molecule has 0 saturated carbocycles. The van der Waals surface area contributed by atoms with Crippen LogP contribution in [0.15, 0.2) is 6.20 Å². The fourth-order valence-corrected chi connectivity index (χ4v) is 1.66. The monoisotopic (exact) mass is 260 g/mol. The second kappa shape index (κ2) is 5.28. The maximum atomic E-state index is 11.5. The number of anilines is 1. The number of nitrogens with zero attached hydrogens (tertiary/aromatic N) is 2. The van der Waals surface area contributed by atoms with Gasteiger partial charge in [-0.3, -0.25) is 9.48 Å². The van der Waals surface area contributed by atoms with Gasteiger partial charge in [-0.2, -0.15) is 5.10 Å². The van der Waals surface area contributed by atoms with E-state index in [4.69, 9.17) is 0 Å². The number of sulfonamides is 1. The Hall–Kier alpha value is -1.41. The summed E-state index contributed by atoms with van der Waals surface area (Å²) < 4.78 is 25.4. The third-order valence-corrected chi connectivity index (χ3v) is 2.95. The van der Waals surface area contributed by atoms with E-state index in [1.54, 1.807) is 17.9 Å². The number of hydrogen-bond acceptors (Lipinski definition) is 4. The molecule has 96 valence electrons. The fourth-order valence-electron chi connectivity index (χ4n) is 1.18. The van der Waals surface area contributed by atoms with Crippen LogP contribution in [-0.4, -0.2) is 36.9 Å². The summed E-state index contributed by atoms with van der Waals surface area (Å²) in [5.74, 6) is -0.253. The van der Waals surface area contributed by atoms with Crippen LogP contribution in [0.5, 0.6) is 0 Å². The largest absolute Gasteiger partial charge is 0.323 e. The lowest BCUT2D eigenvalue weighted by molar-refractivity contribution is -0.116. The van der Waals surface area contributed by atoms with Gasteiger partial charge < -0.3 is 5.32 Å². The van der Waals surface area contributed by atoms with Crippen molar-refractivity contribution < 1.29 is 13.2 Å². The summed E-state index contributed by atoms with van der Waals surface area (Å²) >= 11 is 0. The second-order valence-electron chi connectivity index (χ2n) is 3.73. The van der Waals surface area contributed by atoms with Gasteiger partial charge in [0.1, 0.15) is 0 Å². The van der Waals surface area contributed by atoms with E-state index in [1.807, 2.05) is 6.92 Å². The number of carbonyl (C=O) groups excluding carboxylic acids is 1. The zero-order valence-electron chi connectivity index (χ0n) is 10.0. The van der Waals surface area contributed by atoms with Crippen LogP contribution in [0.4, 0.5) is 5.69 Å². The third-order valence-electron chi connectivity index (χ3n) is 2.23. The summed E-state index contributed by atoms with van der Waals surface area (Å²) in [7, 11) is -1.47. The molecule has 2 N–H and O–H groups in total. The summed E-state index contributed by atoms with van der Waals surface area (Å²) in [6, 6.07) is 0. The lowest BCUT2D eigenvalue weighted by atomic mass is 10.3. The summed E-state index contributed by atoms with van der Waals surface area (Å²) in [5, 5.41) is 6.64. The molecule has 1 amide bonds. The van der Waals surface area contributed by atoms with E-state index in [0.717, 1.165) is 11.9 Å². The molecule has 0 radical (unpaired) electrons. The molecule has 0 aromatic carbocycles. The first-order chi connectivity index (χ1) is 7.79. The summed E-state index contributed by atoms with van der Waals surface area (Å²) in [6.07, 6.45) is 2.69. The van der Waals surface area contributed by atoms with Gasteiger partial charge in [0.2, 0.25) is 15.9 Å². The molecule has 1 aromatic heterocycles. The molecular weight excluding hydrogens is 244 g/mol. The van der Waals surface area contributed by atoms with Crippen molar-refractivity contribution >= 4 is 21.6 Å².